The van der Waals surface area contributed by atoms with Gasteiger partial charge in [0.1, 0.15) is 0 Å². The largest absolute Gasteiger partial charge is 0.380 e. The predicted octanol–water partition coefficient (Wildman–Crippen LogP) is 3.06. The molecule has 2 aromatic rings. The van der Waals surface area contributed by atoms with Gasteiger partial charge < -0.3 is 16.0 Å². The number of benzene rings is 1. The fourth-order valence-electron chi connectivity index (χ4n) is 2.56. The van der Waals surface area contributed by atoms with Gasteiger partial charge in [-0.3, -0.25) is 4.79 Å². The molecule has 0 saturated carbocycles. The van der Waals surface area contributed by atoms with E-state index < -0.39 is 0 Å². The van der Waals surface area contributed by atoms with Crippen molar-refractivity contribution in [3.05, 3.63) is 46.2 Å². The Labute approximate surface area is 128 Å². The van der Waals surface area contributed by atoms with Gasteiger partial charge in [-0.2, -0.15) is 0 Å². The maximum absolute atomic E-state index is 11.1. The van der Waals surface area contributed by atoms with Gasteiger partial charge in [0.15, 0.2) is 0 Å². The number of hydrogen-bond acceptors (Lipinski definition) is 4. The van der Waals surface area contributed by atoms with Crippen molar-refractivity contribution in [1.29, 1.82) is 0 Å². The first-order chi connectivity index (χ1) is 10.2. The van der Waals surface area contributed by atoms with Gasteiger partial charge in [-0.25, -0.2) is 0 Å². The Morgan fingerprint density at radius 2 is 1.95 bits per heavy atom. The predicted molar refractivity (Wildman–Crippen MR) is 88.1 cm³/mol. The Morgan fingerprint density at radius 1 is 1.24 bits per heavy atom. The maximum atomic E-state index is 11.1. The van der Waals surface area contributed by atoms with E-state index in [0.29, 0.717) is 12.1 Å². The Bertz CT molecular complexity index is 615. The first-order valence-electron chi connectivity index (χ1n) is 7.18. The summed E-state index contributed by atoms with van der Waals surface area (Å²) < 4.78 is 0. The molecular weight excluding hydrogens is 282 g/mol. The molecule has 0 radical (unpaired) electrons. The number of carbonyl (C=O) groups excluding carboxylic acids is 1. The lowest BCUT2D eigenvalue weighted by Crippen LogP contribution is -2.17. The topological polar surface area (TPSA) is 58.4 Å². The number of amides is 1. The summed E-state index contributed by atoms with van der Waals surface area (Å²) in [4.78, 5) is 14.6. The van der Waals surface area contributed by atoms with Crippen molar-refractivity contribution >= 4 is 28.6 Å². The van der Waals surface area contributed by atoms with Crippen molar-refractivity contribution in [3.63, 3.8) is 0 Å². The monoisotopic (exact) mass is 301 g/mol. The first kappa shape index (κ1) is 13.9. The van der Waals surface area contributed by atoms with E-state index in [-0.39, 0.29) is 5.91 Å². The zero-order chi connectivity index (χ0) is 14.7. The van der Waals surface area contributed by atoms with E-state index >= 15 is 0 Å². The van der Waals surface area contributed by atoms with Crippen LogP contribution in [0.15, 0.2) is 35.7 Å². The lowest BCUT2D eigenvalue weighted by molar-refractivity contribution is 0.100. The third kappa shape index (κ3) is 3.36. The number of anilines is 2. The van der Waals surface area contributed by atoms with Crippen LogP contribution in [0.2, 0.25) is 0 Å². The number of nitrogens with zero attached hydrogens (tertiary/aromatic N) is 1. The summed E-state index contributed by atoms with van der Waals surface area (Å²) in [6.07, 6.45) is 2.58. The lowest BCUT2D eigenvalue weighted by Gasteiger charge is -2.17. The van der Waals surface area contributed by atoms with E-state index in [1.807, 2.05) is 6.07 Å². The van der Waals surface area contributed by atoms with Crippen LogP contribution in [0.25, 0.3) is 0 Å². The van der Waals surface area contributed by atoms with Gasteiger partial charge in [-0.15, -0.1) is 11.3 Å². The van der Waals surface area contributed by atoms with E-state index in [4.69, 9.17) is 5.73 Å². The van der Waals surface area contributed by atoms with Gasteiger partial charge in [0.25, 0.3) is 0 Å². The van der Waals surface area contributed by atoms with Crippen molar-refractivity contribution in [3.8, 4) is 0 Å². The molecule has 0 spiro atoms. The van der Waals surface area contributed by atoms with E-state index in [2.05, 4.69) is 34.5 Å². The van der Waals surface area contributed by atoms with E-state index in [1.165, 1.54) is 18.5 Å². The quantitative estimate of drug-likeness (QED) is 0.892. The normalized spacial score (nSPS) is 14.4. The second kappa shape index (κ2) is 6.18. The molecule has 0 aliphatic carbocycles. The average Bonchev–Trinajstić information content (AvgIpc) is 3.17. The SMILES string of the molecule is NC(=O)c1csc(CNc2ccc(N3CCCC3)cc2)c1. The van der Waals surface area contributed by atoms with Gasteiger partial charge in [-0.05, 0) is 43.2 Å². The van der Waals surface area contributed by atoms with Crippen LogP contribution in [0.5, 0.6) is 0 Å². The van der Waals surface area contributed by atoms with Gasteiger partial charge in [-0.1, -0.05) is 0 Å². The van der Waals surface area contributed by atoms with Crippen molar-refractivity contribution in [1.82, 2.24) is 0 Å². The highest BCUT2D eigenvalue weighted by molar-refractivity contribution is 7.10. The molecular formula is C16H19N3OS. The first-order valence-corrected chi connectivity index (χ1v) is 8.06. The summed E-state index contributed by atoms with van der Waals surface area (Å²) in [6, 6.07) is 10.4. The standard InChI is InChI=1S/C16H19N3OS/c17-16(20)12-9-15(21-11-12)10-18-13-3-5-14(6-4-13)19-7-1-2-8-19/h3-6,9,11,18H,1-2,7-8,10H2,(H2,17,20). The number of primary amides is 1. The number of thiophene rings is 1. The summed E-state index contributed by atoms with van der Waals surface area (Å²) in [5, 5.41) is 5.17. The molecule has 3 rings (SSSR count). The Balaban J connectivity index is 1.58. The molecule has 1 saturated heterocycles. The fraction of sp³-hybridized carbons (Fsp3) is 0.312. The number of nitrogens with one attached hydrogen (secondary N) is 1. The zero-order valence-electron chi connectivity index (χ0n) is 11.8. The van der Waals surface area contributed by atoms with Crippen LogP contribution < -0.4 is 16.0 Å². The summed E-state index contributed by atoms with van der Waals surface area (Å²) in [7, 11) is 0. The van der Waals surface area contributed by atoms with Crippen LogP contribution in [0.1, 0.15) is 28.1 Å². The van der Waals surface area contributed by atoms with Crippen LogP contribution in [0.3, 0.4) is 0 Å². The van der Waals surface area contributed by atoms with Crippen molar-refractivity contribution in [2.75, 3.05) is 23.3 Å². The molecule has 1 fully saturated rings. The Kier molecular flexibility index (Phi) is 4.10. The van der Waals surface area contributed by atoms with Crippen LogP contribution in [-0.4, -0.2) is 19.0 Å². The van der Waals surface area contributed by atoms with E-state index in [9.17, 15) is 4.79 Å². The molecule has 1 aliphatic rings. The zero-order valence-corrected chi connectivity index (χ0v) is 12.7. The highest BCUT2D eigenvalue weighted by atomic mass is 32.1. The van der Waals surface area contributed by atoms with Gasteiger partial charge >= 0.3 is 0 Å². The van der Waals surface area contributed by atoms with Crippen LogP contribution >= 0.6 is 11.3 Å². The molecule has 1 aromatic heterocycles. The molecule has 3 N–H and O–H groups in total. The molecule has 4 nitrogen and oxygen atoms in total. The Morgan fingerprint density at radius 3 is 2.57 bits per heavy atom. The highest BCUT2D eigenvalue weighted by Crippen LogP contribution is 2.23. The van der Waals surface area contributed by atoms with Crippen molar-refractivity contribution < 1.29 is 4.79 Å². The summed E-state index contributed by atoms with van der Waals surface area (Å²) in [6.45, 7) is 3.04. The van der Waals surface area contributed by atoms with Crippen molar-refractivity contribution in [2.45, 2.75) is 19.4 Å². The lowest BCUT2D eigenvalue weighted by atomic mass is 10.2. The molecule has 110 valence electrons. The van der Waals surface area contributed by atoms with Crippen molar-refractivity contribution in [2.24, 2.45) is 5.73 Å². The fourth-order valence-corrected chi connectivity index (χ4v) is 3.37. The van der Waals surface area contributed by atoms with E-state index in [1.54, 1.807) is 16.7 Å². The smallest absolute Gasteiger partial charge is 0.249 e. The molecule has 5 heteroatoms. The molecule has 21 heavy (non-hydrogen) atoms. The highest BCUT2D eigenvalue weighted by Gasteiger charge is 2.11. The molecule has 1 aromatic carbocycles. The van der Waals surface area contributed by atoms with E-state index in [0.717, 1.165) is 23.7 Å². The molecule has 0 unspecified atom stereocenters. The molecule has 0 atom stereocenters. The third-order valence-electron chi connectivity index (χ3n) is 3.74. The Hall–Kier alpha value is -2.01. The second-order valence-electron chi connectivity index (χ2n) is 5.26. The minimum atomic E-state index is -0.368. The minimum absolute atomic E-state index is 0.368. The van der Waals surface area contributed by atoms with Gasteiger partial charge in [0, 0.05) is 41.3 Å². The number of carbonyl (C=O) groups is 1. The molecule has 0 bridgehead atoms. The summed E-state index contributed by atoms with van der Waals surface area (Å²) >= 11 is 1.55. The number of nitrogens with two attached hydrogens (primary N) is 1. The molecule has 1 aliphatic heterocycles. The molecule has 2 heterocycles. The summed E-state index contributed by atoms with van der Waals surface area (Å²) in [5.41, 5.74) is 8.22. The summed E-state index contributed by atoms with van der Waals surface area (Å²) in [5.74, 6) is -0.368. The third-order valence-corrected chi connectivity index (χ3v) is 4.68. The maximum Gasteiger partial charge on any atom is 0.249 e. The average molecular weight is 301 g/mol. The second-order valence-corrected chi connectivity index (χ2v) is 6.26. The molecule has 1 amide bonds. The minimum Gasteiger partial charge on any atom is -0.380 e. The van der Waals surface area contributed by atoms with Gasteiger partial charge in [0.05, 0.1) is 5.56 Å². The van der Waals surface area contributed by atoms with Gasteiger partial charge in [0.2, 0.25) is 5.91 Å². The van der Waals surface area contributed by atoms with Crippen LogP contribution in [0, 0.1) is 0 Å². The number of rotatable bonds is 5. The van der Waals surface area contributed by atoms with Crippen LogP contribution in [0.4, 0.5) is 11.4 Å². The number of hydrogen-bond donors (Lipinski definition) is 2. The van der Waals surface area contributed by atoms with Crippen LogP contribution in [-0.2, 0) is 6.54 Å².